The van der Waals surface area contributed by atoms with Crippen LogP contribution in [0.25, 0.3) is 0 Å². The number of carboxylic acid groups (broad SMARTS) is 1. The number of carboxylic acids is 1. The number of carbonyl (C=O) groups excluding carboxylic acids is 1. The molecule has 0 aromatic carbocycles. The molecular weight excluding hydrogens is 239 g/mol. The maximum Gasteiger partial charge on any atom is 1.00 e. The summed E-state index contributed by atoms with van der Waals surface area (Å²) in [5, 5.41) is 39.3. The van der Waals surface area contributed by atoms with Gasteiger partial charge in [-0.1, -0.05) is 20.8 Å². The molecule has 94 valence electrons. The third-order valence-electron chi connectivity index (χ3n) is 2.70. The Balaban J connectivity index is 0.00000256. The zero-order chi connectivity index (χ0) is 12.7. The fourth-order valence-corrected chi connectivity index (χ4v) is 1.79. The van der Waals surface area contributed by atoms with Gasteiger partial charge in [-0.15, -0.1) is 0 Å². The molecule has 6 nitrogen and oxygen atoms in total. The summed E-state index contributed by atoms with van der Waals surface area (Å²) in [6.07, 6.45) is -7.07. The van der Waals surface area contributed by atoms with Crippen molar-refractivity contribution in [1.82, 2.24) is 0 Å². The number of carbonyl (C=O) groups is 1. The van der Waals surface area contributed by atoms with Gasteiger partial charge in [0.15, 0.2) is 0 Å². The van der Waals surface area contributed by atoms with E-state index in [1.807, 2.05) is 0 Å². The van der Waals surface area contributed by atoms with Gasteiger partial charge in [0, 0.05) is 0 Å². The molecule has 1 heterocycles. The van der Waals surface area contributed by atoms with Crippen LogP contribution in [-0.4, -0.2) is 51.8 Å². The smallest absolute Gasteiger partial charge is 0.547 e. The Bertz CT molecular complexity index is 276. The van der Waals surface area contributed by atoms with E-state index in [2.05, 4.69) is 0 Å². The predicted octanol–water partition coefficient (Wildman–Crippen LogP) is -5.36. The van der Waals surface area contributed by atoms with Gasteiger partial charge in [0.1, 0.15) is 24.4 Å². The Morgan fingerprint density at radius 1 is 1.12 bits per heavy atom. The molecule has 1 saturated heterocycles. The van der Waals surface area contributed by atoms with Gasteiger partial charge in [0.05, 0.1) is 12.1 Å². The quantitative estimate of drug-likeness (QED) is 0.404. The molecule has 0 saturated carbocycles. The van der Waals surface area contributed by atoms with Crippen molar-refractivity contribution >= 4 is 5.97 Å². The molecule has 1 aliphatic rings. The molecule has 1 rings (SSSR count). The van der Waals surface area contributed by atoms with Gasteiger partial charge in [-0.25, -0.2) is 0 Å². The first-order valence-electron chi connectivity index (χ1n) is 5.06. The minimum Gasteiger partial charge on any atom is -0.547 e. The summed E-state index contributed by atoms with van der Waals surface area (Å²) in [5.41, 5.74) is -0.561. The van der Waals surface area contributed by atoms with E-state index in [1.165, 1.54) is 0 Å². The van der Waals surface area contributed by atoms with Crippen LogP contribution in [0.1, 0.15) is 20.8 Å². The monoisotopic (exact) mass is 256 g/mol. The molecule has 17 heavy (non-hydrogen) atoms. The molecule has 0 radical (unpaired) electrons. The molecule has 0 spiro atoms. The number of aliphatic hydroxyl groups excluding tert-OH is 3. The van der Waals surface area contributed by atoms with Crippen LogP contribution < -0.4 is 34.7 Å². The molecule has 5 atom stereocenters. The number of aliphatic hydroxyl groups is 3. The van der Waals surface area contributed by atoms with Crippen molar-refractivity contribution in [3.05, 3.63) is 0 Å². The molecule has 7 heteroatoms. The number of rotatable bonds is 1. The van der Waals surface area contributed by atoms with Crippen molar-refractivity contribution in [1.29, 1.82) is 0 Å². The number of hydrogen-bond acceptors (Lipinski definition) is 6. The van der Waals surface area contributed by atoms with Crippen molar-refractivity contribution in [2.24, 2.45) is 5.41 Å². The molecule has 1 fully saturated rings. The maximum absolute atomic E-state index is 10.7. The summed E-state index contributed by atoms with van der Waals surface area (Å²) < 4.78 is 5.09. The standard InChI is InChI=1S/C10H18O6.Na/c1-10(2,3)8-6(13)4(11)5(12)7(16-8)9(14)15;/h4-8,11-13H,1-3H3,(H,14,15);/q;+1/p-1. The van der Waals surface area contributed by atoms with Gasteiger partial charge in [0.25, 0.3) is 0 Å². The Kier molecular flexibility index (Phi) is 6.08. The van der Waals surface area contributed by atoms with E-state index < -0.39 is 41.9 Å². The second-order valence-corrected chi connectivity index (χ2v) is 5.13. The minimum absolute atomic E-state index is 0. The second kappa shape index (κ2) is 5.97. The van der Waals surface area contributed by atoms with Crippen LogP contribution in [0.5, 0.6) is 0 Å². The van der Waals surface area contributed by atoms with Crippen LogP contribution in [0.3, 0.4) is 0 Å². The van der Waals surface area contributed by atoms with Crippen LogP contribution in [0.2, 0.25) is 0 Å². The zero-order valence-electron chi connectivity index (χ0n) is 10.5. The first-order valence-corrected chi connectivity index (χ1v) is 5.06. The van der Waals surface area contributed by atoms with Gasteiger partial charge < -0.3 is 30.0 Å². The van der Waals surface area contributed by atoms with Gasteiger partial charge in [0.2, 0.25) is 0 Å². The topological polar surface area (TPSA) is 110 Å². The molecule has 3 N–H and O–H groups in total. The molecule has 0 aromatic rings. The minimum atomic E-state index is -1.68. The maximum atomic E-state index is 10.7. The van der Waals surface area contributed by atoms with E-state index in [9.17, 15) is 25.2 Å². The average molecular weight is 256 g/mol. The van der Waals surface area contributed by atoms with Crippen molar-refractivity contribution < 1.29 is 59.5 Å². The zero-order valence-corrected chi connectivity index (χ0v) is 12.5. The molecular formula is C10H17NaO6. The van der Waals surface area contributed by atoms with Crippen LogP contribution in [0.15, 0.2) is 0 Å². The van der Waals surface area contributed by atoms with Gasteiger partial charge >= 0.3 is 29.6 Å². The Morgan fingerprint density at radius 3 is 1.94 bits per heavy atom. The van der Waals surface area contributed by atoms with Crippen LogP contribution in [0.4, 0.5) is 0 Å². The fourth-order valence-electron chi connectivity index (χ4n) is 1.79. The summed E-state index contributed by atoms with van der Waals surface area (Å²) in [6, 6.07) is 0. The van der Waals surface area contributed by atoms with Crippen molar-refractivity contribution in [3.8, 4) is 0 Å². The third-order valence-corrected chi connectivity index (χ3v) is 2.70. The molecule has 5 unspecified atom stereocenters. The van der Waals surface area contributed by atoms with Gasteiger partial charge in [-0.05, 0) is 5.41 Å². The summed E-state index contributed by atoms with van der Waals surface area (Å²) in [6.45, 7) is 5.20. The van der Waals surface area contributed by atoms with E-state index in [4.69, 9.17) is 4.74 Å². The summed E-state index contributed by atoms with van der Waals surface area (Å²) >= 11 is 0. The average Bonchev–Trinajstić information content (AvgIpc) is 2.11. The normalized spacial score (nSPS) is 38.4. The van der Waals surface area contributed by atoms with E-state index in [0.29, 0.717) is 0 Å². The first-order chi connectivity index (χ1) is 7.16. The number of hydrogen-bond donors (Lipinski definition) is 3. The van der Waals surface area contributed by atoms with Crippen molar-refractivity contribution in [2.45, 2.75) is 51.3 Å². The molecule has 0 aromatic heterocycles. The van der Waals surface area contributed by atoms with Crippen LogP contribution >= 0.6 is 0 Å². The summed E-state index contributed by atoms with van der Waals surface area (Å²) in [4.78, 5) is 10.7. The van der Waals surface area contributed by atoms with Crippen LogP contribution in [0, 0.1) is 5.41 Å². The second-order valence-electron chi connectivity index (χ2n) is 5.13. The fraction of sp³-hybridized carbons (Fsp3) is 0.900. The Hall–Kier alpha value is 0.310. The Morgan fingerprint density at radius 2 is 1.59 bits per heavy atom. The Labute approximate surface area is 122 Å². The molecule has 1 aliphatic heterocycles. The van der Waals surface area contributed by atoms with E-state index in [1.54, 1.807) is 20.8 Å². The van der Waals surface area contributed by atoms with E-state index >= 15 is 0 Å². The SMILES string of the molecule is CC(C)(C)C1OC(C(=O)[O-])C(O)C(O)C1O.[Na+]. The number of ether oxygens (including phenoxy) is 1. The number of aliphatic carboxylic acids is 1. The molecule has 0 aliphatic carbocycles. The van der Waals surface area contributed by atoms with Gasteiger partial charge in [-0.3, -0.25) is 0 Å². The van der Waals surface area contributed by atoms with Crippen molar-refractivity contribution in [3.63, 3.8) is 0 Å². The first kappa shape index (κ1) is 17.3. The third kappa shape index (κ3) is 3.64. The van der Waals surface area contributed by atoms with E-state index in [-0.39, 0.29) is 29.6 Å². The van der Waals surface area contributed by atoms with Gasteiger partial charge in [-0.2, -0.15) is 0 Å². The summed E-state index contributed by atoms with van der Waals surface area (Å²) in [5.74, 6) is -1.60. The summed E-state index contributed by atoms with van der Waals surface area (Å²) in [7, 11) is 0. The van der Waals surface area contributed by atoms with Crippen molar-refractivity contribution in [2.75, 3.05) is 0 Å². The van der Waals surface area contributed by atoms with Crippen LogP contribution in [-0.2, 0) is 9.53 Å². The largest absolute Gasteiger partial charge is 1.00 e. The van der Waals surface area contributed by atoms with E-state index in [0.717, 1.165) is 0 Å². The molecule has 0 bridgehead atoms. The predicted molar refractivity (Wildman–Crippen MR) is 51.1 cm³/mol. The molecule has 0 amide bonds.